The fourth-order valence-corrected chi connectivity index (χ4v) is 2.92. The van der Waals surface area contributed by atoms with Crippen LogP contribution in [-0.2, 0) is 0 Å². The van der Waals surface area contributed by atoms with E-state index in [-0.39, 0.29) is 0 Å². The molecular formula is C14H12Cl2O2S. The van der Waals surface area contributed by atoms with E-state index in [0.29, 0.717) is 15.8 Å². The van der Waals surface area contributed by atoms with Crippen LogP contribution < -0.4 is 9.47 Å². The van der Waals surface area contributed by atoms with Gasteiger partial charge in [-0.3, -0.25) is 0 Å². The maximum absolute atomic E-state index is 6.13. The molecule has 2 aromatic rings. The highest BCUT2D eigenvalue weighted by molar-refractivity contribution is 7.99. The standard InChI is InChI=1S/C14H12Cl2O2S/c1-17-12-8-13(18-2)14(7-11(12)16)19-10-5-3-9(15)4-6-10/h3-8H,1-2H3. The first-order chi connectivity index (χ1) is 9.13. The van der Waals surface area contributed by atoms with E-state index in [1.807, 2.05) is 30.3 Å². The second-order valence-corrected chi connectivity index (χ2v) is 5.65. The lowest BCUT2D eigenvalue weighted by atomic mass is 10.3. The Morgan fingerprint density at radius 2 is 1.53 bits per heavy atom. The third kappa shape index (κ3) is 3.50. The molecule has 100 valence electrons. The van der Waals surface area contributed by atoms with Crippen molar-refractivity contribution in [2.75, 3.05) is 14.2 Å². The Morgan fingerprint density at radius 3 is 2.11 bits per heavy atom. The molecule has 0 bridgehead atoms. The minimum Gasteiger partial charge on any atom is -0.495 e. The topological polar surface area (TPSA) is 18.5 Å². The maximum Gasteiger partial charge on any atom is 0.141 e. The number of halogens is 2. The van der Waals surface area contributed by atoms with E-state index in [9.17, 15) is 0 Å². The van der Waals surface area contributed by atoms with Crippen LogP contribution in [0.5, 0.6) is 11.5 Å². The number of hydrogen-bond acceptors (Lipinski definition) is 3. The van der Waals surface area contributed by atoms with Gasteiger partial charge in [-0.2, -0.15) is 0 Å². The summed E-state index contributed by atoms with van der Waals surface area (Å²) in [5.74, 6) is 1.32. The minimum atomic E-state index is 0.555. The summed E-state index contributed by atoms with van der Waals surface area (Å²) in [7, 11) is 3.20. The molecule has 0 atom stereocenters. The van der Waals surface area contributed by atoms with E-state index in [1.165, 1.54) is 0 Å². The van der Waals surface area contributed by atoms with E-state index in [1.54, 1.807) is 32.0 Å². The van der Waals surface area contributed by atoms with Gasteiger partial charge < -0.3 is 9.47 Å². The Balaban J connectivity index is 2.33. The van der Waals surface area contributed by atoms with E-state index in [2.05, 4.69) is 0 Å². The molecule has 0 aliphatic rings. The van der Waals surface area contributed by atoms with Crippen molar-refractivity contribution < 1.29 is 9.47 Å². The molecule has 0 heterocycles. The van der Waals surface area contributed by atoms with E-state index < -0.39 is 0 Å². The van der Waals surface area contributed by atoms with Gasteiger partial charge in [0.15, 0.2) is 0 Å². The van der Waals surface area contributed by atoms with Crippen LogP contribution in [0, 0.1) is 0 Å². The smallest absolute Gasteiger partial charge is 0.141 e. The molecular weight excluding hydrogens is 303 g/mol. The molecule has 0 N–H and O–H groups in total. The largest absolute Gasteiger partial charge is 0.495 e. The van der Waals surface area contributed by atoms with Gasteiger partial charge in [0, 0.05) is 16.0 Å². The van der Waals surface area contributed by atoms with Crippen LogP contribution in [0.1, 0.15) is 0 Å². The average molecular weight is 315 g/mol. The first kappa shape index (κ1) is 14.4. The van der Waals surface area contributed by atoms with Crippen molar-refractivity contribution >= 4 is 35.0 Å². The highest BCUT2D eigenvalue weighted by atomic mass is 35.5. The third-order valence-electron chi connectivity index (χ3n) is 2.48. The number of rotatable bonds is 4. The highest BCUT2D eigenvalue weighted by Crippen LogP contribution is 2.41. The van der Waals surface area contributed by atoms with Gasteiger partial charge in [-0.05, 0) is 30.3 Å². The monoisotopic (exact) mass is 314 g/mol. The lowest BCUT2D eigenvalue weighted by Crippen LogP contribution is -1.90. The van der Waals surface area contributed by atoms with Gasteiger partial charge in [0.2, 0.25) is 0 Å². The molecule has 19 heavy (non-hydrogen) atoms. The Hall–Kier alpha value is -1.03. The summed E-state index contributed by atoms with van der Waals surface area (Å²) in [6, 6.07) is 11.2. The second kappa shape index (κ2) is 6.42. The van der Waals surface area contributed by atoms with Crippen molar-refractivity contribution in [2.45, 2.75) is 9.79 Å². The molecule has 2 aromatic carbocycles. The zero-order valence-electron chi connectivity index (χ0n) is 10.4. The molecule has 0 saturated heterocycles. The minimum absolute atomic E-state index is 0.555. The molecule has 0 saturated carbocycles. The average Bonchev–Trinajstić information content (AvgIpc) is 2.42. The molecule has 0 aliphatic heterocycles. The molecule has 5 heteroatoms. The lowest BCUT2D eigenvalue weighted by Gasteiger charge is -2.11. The van der Waals surface area contributed by atoms with Crippen LogP contribution >= 0.6 is 35.0 Å². The molecule has 2 rings (SSSR count). The molecule has 0 amide bonds. The Kier molecular flexibility index (Phi) is 4.86. The van der Waals surface area contributed by atoms with Gasteiger partial charge in [-0.25, -0.2) is 0 Å². The van der Waals surface area contributed by atoms with Gasteiger partial charge in [-0.1, -0.05) is 35.0 Å². The fourth-order valence-electron chi connectivity index (χ4n) is 1.54. The molecule has 0 unspecified atom stereocenters. The molecule has 0 aromatic heterocycles. The zero-order chi connectivity index (χ0) is 13.8. The second-order valence-electron chi connectivity index (χ2n) is 3.69. The lowest BCUT2D eigenvalue weighted by molar-refractivity contribution is 0.387. The summed E-state index contributed by atoms with van der Waals surface area (Å²) in [6.45, 7) is 0. The SMILES string of the molecule is COc1cc(OC)c(Sc2ccc(Cl)cc2)cc1Cl. The number of benzene rings is 2. The molecule has 2 nitrogen and oxygen atoms in total. The number of methoxy groups -OCH3 is 2. The summed E-state index contributed by atoms with van der Waals surface area (Å²) in [5, 5.41) is 1.27. The van der Waals surface area contributed by atoms with Gasteiger partial charge in [-0.15, -0.1) is 0 Å². The number of ether oxygens (including phenoxy) is 2. The predicted octanol–water partition coefficient (Wildman–Crippen LogP) is 5.16. The summed E-state index contributed by atoms with van der Waals surface area (Å²) < 4.78 is 10.5. The van der Waals surface area contributed by atoms with Crippen LogP contribution in [0.2, 0.25) is 10.0 Å². The quantitative estimate of drug-likeness (QED) is 0.776. The van der Waals surface area contributed by atoms with Crippen LogP contribution in [0.3, 0.4) is 0 Å². The summed E-state index contributed by atoms with van der Waals surface area (Å²) in [4.78, 5) is 1.99. The fraction of sp³-hybridized carbons (Fsp3) is 0.143. The van der Waals surface area contributed by atoms with E-state index in [0.717, 1.165) is 15.5 Å². The van der Waals surface area contributed by atoms with Crippen LogP contribution in [0.25, 0.3) is 0 Å². The van der Waals surface area contributed by atoms with Crippen molar-refractivity contribution in [1.29, 1.82) is 0 Å². The van der Waals surface area contributed by atoms with Gasteiger partial charge in [0.1, 0.15) is 11.5 Å². The maximum atomic E-state index is 6.13. The van der Waals surface area contributed by atoms with Crippen molar-refractivity contribution in [3.05, 3.63) is 46.4 Å². The zero-order valence-corrected chi connectivity index (χ0v) is 12.8. The Labute approximate surface area is 126 Å². The Bertz CT molecular complexity index is 570. The first-order valence-corrected chi connectivity index (χ1v) is 7.06. The van der Waals surface area contributed by atoms with Crippen LogP contribution in [-0.4, -0.2) is 14.2 Å². The molecule has 0 spiro atoms. The van der Waals surface area contributed by atoms with Crippen LogP contribution in [0.4, 0.5) is 0 Å². The summed E-state index contributed by atoms with van der Waals surface area (Å²) >= 11 is 13.6. The normalized spacial score (nSPS) is 10.3. The van der Waals surface area contributed by atoms with Crippen molar-refractivity contribution in [2.24, 2.45) is 0 Å². The van der Waals surface area contributed by atoms with Gasteiger partial charge in [0.25, 0.3) is 0 Å². The molecule has 0 fully saturated rings. The van der Waals surface area contributed by atoms with Gasteiger partial charge in [0.05, 0.1) is 24.1 Å². The van der Waals surface area contributed by atoms with Crippen molar-refractivity contribution in [3.63, 3.8) is 0 Å². The van der Waals surface area contributed by atoms with Gasteiger partial charge >= 0.3 is 0 Å². The van der Waals surface area contributed by atoms with Crippen molar-refractivity contribution in [3.8, 4) is 11.5 Å². The van der Waals surface area contributed by atoms with E-state index >= 15 is 0 Å². The highest BCUT2D eigenvalue weighted by Gasteiger charge is 2.11. The van der Waals surface area contributed by atoms with Crippen LogP contribution in [0.15, 0.2) is 46.2 Å². The third-order valence-corrected chi connectivity index (χ3v) is 4.07. The van der Waals surface area contributed by atoms with E-state index in [4.69, 9.17) is 32.7 Å². The summed E-state index contributed by atoms with van der Waals surface area (Å²) in [5.41, 5.74) is 0. The molecule has 0 radical (unpaired) electrons. The predicted molar refractivity (Wildman–Crippen MR) is 80.1 cm³/mol. The first-order valence-electron chi connectivity index (χ1n) is 5.49. The Morgan fingerprint density at radius 1 is 0.895 bits per heavy atom. The van der Waals surface area contributed by atoms with Crippen molar-refractivity contribution in [1.82, 2.24) is 0 Å². The summed E-state index contributed by atoms with van der Waals surface area (Å²) in [6.07, 6.45) is 0. The number of hydrogen-bond donors (Lipinski definition) is 0. The molecule has 0 aliphatic carbocycles.